The highest BCUT2D eigenvalue weighted by atomic mass is 32.1. The molecule has 1 aromatic heterocycles. The van der Waals surface area contributed by atoms with E-state index in [1.165, 1.54) is 14.2 Å². The highest BCUT2D eigenvalue weighted by Crippen LogP contribution is 2.43. The number of anilines is 1. The molecule has 1 amide bonds. The smallest absolute Gasteiger partial charge is 0.343 e. The first kappa shape index (κ1) is 19.9. The van der Waals surface area contributed by atoms with Crippen molar-refractivity contribution in [1.29, 1.82) is 0 Å². The van der Waals surface area contributed by atoms with E-state index in [-0.39, 0.29) is 12.3 Å². The number of rotatable bonds is 6. The monoisotopic (exact) mass is 424 g/mol. The van der Waals surface area contributed by atoms with Crippen LogP contribution in [-0.4, -0.2) is 31.1 Å². The fourth-order valence-corrected chi connectivity index (χ4v) is 4.05. The van der Waals surface area contributed by atoms with Gasteiger partial charge in [-0.1, -0.05) is 18.2 Å². The van der Waals surface area contributed by atoms with Crippen molar-refractivity contribution in [2.45, 2.75) is 19.4 Å². The Morgan fingerprint density at radius 3 is 2.57 bits per heavy atom. The van der Waals surface area contributed by atoms with Gasteiger partial charge in [0, 0.05) is 22.2 Å². The molecule has 8 heteroatoms. The fraction of sp³-hybridized carbons (Fsp3) is 0.227. The van der Waals surface area contributed by atoms with Crippen molar-refractivity contribution in [1.82, 2.24) is 4.98 Å². The molecule has 0 bridgehead atoms. The third-order valence-corrected chi connectivity index (χ3v) is 5.61. The molecule has 7 nitrogen and oxygen atoms in total. The van der Waals surface area contributed by atoms with E-state index in [1.54, 1.807) is 23.5 Å². The second-order valence-electron chi connectivity index (χ2n) is 6.74. The molecule has 1 aliphatic heterocycles. The van der Waals surface area contributed by atoms with Gasteiger partial charge in [0.15, 0.2) is 11.5 Å². The average Bonchev–Trinajstić information content (AvgIpc) is 3.31. The summed E-state index contributed by atoms with van der Waals surface area (Å²) in [6.45, 7) is 1.96. The average molecular weight is 424 g/mol. The van der Waals surface area contributed by atoms with Gasteiger partial charge in [0.25, 0.3) is 0 Å². The van der Waals surface area contributed by atoms with E-state index in [9.17, 15) is 9.59 Å². The standard InChI is InChI=1S/C22H20N2O5S/c1-12-23-16(11-30-12)13-4-6-14(7-5-13)24-19(25)10-18-15-8-9-17(27-2)21(28-3)20(15)22(26)29-18/h4-9,11,18H,10H2,1-3H3,(H,24,25)/t18-/m1/s1. The Morgan fingerprint density at radius 2 is 1.93 bits per heavy atom. The summed E-state index contributed by atoms with van der Waals surface area (Å²) in [7, 11) is 2.96. The number of aryl methyl sites for hydroxylation is 1. The van der Waals surface area contributed by atoms with Crippen LogP contribution >= 0.6 is 11.3 Å². The Labute approximate surface area is 177 Å². The normalized spacial score (nSPS) is 14.8. The van der Waals surface area contributed by atoms with E-state index >= 15 is 0 Å². The number of ether oxygens (including phenoxy) is 3. The first-order valence-corrected chi connectivity index (χ1v) is 10.2. The maximum absolute atomic E-state index is 12.6. The van der Waals surface area contributed by atoms with Crippen molar-refractivity contribution in [3.63, 3.8) is 0 Å². The van der Waals surface area contributed by atoms with Gasteiger partial charge >= 0.3 is 5.97 Å². The Morgan fingerprint density at radius 1 is 1.17 bits per heavy atom. The van der Waals surface area contributed by atoms with Gasteiger partial charge in [0.05, 0.1) is 31.3 Å². The van der Waals surface area contributed by atoms with E-state index in [1.807, 2.05) is 36.6 Å². The summed E-state index contributed by atoms with van der Waals surface area (Å²) in [5, 5.41) is 5.85. The molecule has 30 heavy (non-hydrogen) atoms. The lowest BCUT2D eigenvalue weighted by atomic mass is 10.0. The van der Waals surface area contributed by atoms with Crippen molar-refractivity contribution in [2.24, 2.45) is 0 Å². The van der Waals surface area contributed by atoms with Gasteiger partial charge in [0.1, 0.15) is 11.7 Å². The number of hydrogen-bond donors (Lipinski definition) is 1. The van der Waals surface area contributed by atoms with Crippen LogP contribution in [0.15, 0.2) is 41.8 Å². The van der Waals surface area contributed by atoms with Crippen LogP contribution in [0.4, 0.5) is 5.69 Å². The molecule has 0 radical (unpaired) electrons. The molecule has 2 heterocycles. The Bertz CT molecular complexity index is 1110. The van der Waals surface area contributed by atoms with Crippen molar-refractivity contribution in [3.05, 3.63) is 57.9 Å². The first-order valence-electron chi connectivity index (χ1n) is 9.28. The van der Waals surface area contributed by atoms with Gasteiger partial charge in [0.2, 0.25) is 5.91 Å². The number of carbonyl (C=O) groups is 2. The molecule has 0 saturated carbocycles. The second-order valence-corrected chi connectivity index (χ2v) is 7.80. The SMILES string of the molecule is COc1ccc2c(c1OC)C(=O)O[C@@H]2CC(=O)Nc1ccc(-c2csc(C)n2)cc1. The fourth-order valence-electron chi connectivity index (χ4n) is 3.43. The van der Waals surface area contributed by atoms with Crippen LogP contribution in [0.25, 0.3) is 11.3 Å². The highest BCUT2D eigenvalue weighted by Gasteiger charge is 2.36. The molecule has 2 aromatic carbocycles. The Balaban J connectivity index is 1.46. The number of nitrogens with one attached hydrogen (secondary N) is 1. The zero-order chi connectivity index (χ0) is 21.3. The maximum Gasteiger partial charge on any atom is 0.343 e. The molecule has 154 valence electrons. The predicted octanol–water partition coefficient (Wildman–Crippen LogP) is 4.38. The number of fused-ring (bicyclic) bond motifs is 1. The van der Waals surface area contributed by atoms with Crippen molar-refractivity contribution in [2.75, 3.05) is 19.5 Å². The summed E-state index contributed by atoms with van der Waals surface area (Å²) in [6.07, 6.45) is -0.675. The minimum atomic E-state index is -0.676. The number of hydrogen-bond acceptors (Lipinski definition) is 7. The molecule has 1 N–H and O–H groups in total. The zero-order valence-electron chi connectivity index (χ0n) is 16.7. The molecule has 0 aliphatic carbocycles. The van der Waals surface area contributed by atoms with Crippen LogP contribution in [0.1, 0.15) is 33.5 Å². The van der Waals surface area contributed by atoms with E-state index in [0.29, 0.717) is 28.3 Å². The van der Waals surface area contributed by atoms with Crippen LogP contribution in [0.5, 0.6) is 11.5 Å². The number of amides is 1. The lowest BCUT2D eigenvalue weighted by Gasteiger charge is -2.12. The molecular formula is C22H20N2O5S. The summed E-state index contributed by atoms with van der Waals surface area (Å²) in [4.78, 5) is 29.4. The molecule has 0 unspecified atom stereocenters. The number of methoxy groups -OCH3 is 2. The quantitative estimate of drug-likeness (QED) is 0.591. The molecule has 0 fully saturated rings. The maximum atomic E-state index is 12.6. The van der Waals surface area contributed by atoms with E-state index in [0.717, 1.165) is 16.3 Å². The molecule has 1 atom stereocenters. The summed E-state index contributed by atoms with van der Waals surface area (Å²) in [5.74, 6) is -0.0291. The summed E-state index contributed by atoms with van der Waals surface area (Å²) < 4.78 is 16.0. The Hall–Kier alpha value is -3.39. The minimum Gasteiger partial charge on any atom is -0.493 e. The molecule has 1 aliphatic rings. The van der Waals surface area contributed by atoms with Gasteiger partial charge in [-0.15, -0.1) is 11.3 Å². The number of benzene rings is 2. The Kier molecular flexibility index (Phi) is 5.41. The third kappa shape index (κ3) is 3.73. The predicted molar refractivity (Wildman–Crippen MR) is 113 cm³/mol. The van der Waals surface area contributed by atoms with Gasteiger partial charge < -0.3 is 19.5 Å². The highest BCUT2D eigenvalue weighted by molar-refractivity contribution is 7.09. The van der Waals surface area contributed by atoms with Crippen molar-refractivity contribution < 1.29 is 23.8 Å². The van der Waals surface area contributed by atoms with Crippen molar-refractivity contribution in [3.8, 4) is 22.8 Å². The van der Waals surface area contributed by atoms with Crippen LogP contribution in [0, 0.1) is 6.92 Å². The third-order valence-electron chi connectivity index (χ3n) is 4.83. The largest absolute Gasteiger partial charge is 0.493 e. The number of nitrogens with zero attached hydrogens (tertiary/aromatic N) is 1. The van der Waals surface area contributed by atoms with E-state index in [4.69, 9.17) is 14.2 Å². The molecule has 0 spiro atoms. The summed E-state index contributed by atoms with van der Waals surface area (Å²) in [6, 6.07) is 10.9. The van der Waals surface area contributed by atoms with Crippen LogP contribution in [0.3, 0.4) is 0 Å². The topological polar surface area (TPSA) is 86.8 Å². The first-order chi connectivity index (χ1) is 14.5. The van der Waals surface area contributed by atoms with Crippen LogP contribution in [0.2, 0.25) is 0 Å². The van der Waals surface area contributed by atoms with E-state index < -0.39 is 12.1 Å². The van der Waals surface area contributed by atoms with Gasteiger partial charge in [-0.3, -0.25) is 4.79 Å². The van der Waals surface area contributed by atoms with Gasteiger partial charge in [-0.2, -0.15) is 0 Å². The summed E-state index contributed by atoms with van der Waals surface area (Å²) in [5.41, 5.74) is 3.47. The lowest BCUT2D eigenvalue weighted by molar-refractivity contribution is -0.118. The molecule has 0 saturated heterocycles. The number of esters is 1. The van der Waals surface area contributed by atoms with Crippen molar-refractivity contribution >= 4 is 28.9 Å². The minimum absolute atomic E-state index is 0.00125. The molecular weight excluding hydrogens is 404 g/mol. The molecule has 3 aromatic rings. The summed E-state index contributed by atoms with van der Waals surface area (Å²) >= 11 is 1.59. The number of carbonyl (C=O) groups excluding carboxylic acids is 2. The second kappa shape index (κ2) is 8.16. The van der Waals surface area contributed by atoms with Crippen LogP contribution in [-0.2, 0) is 9.53 Å². The number of aromatic nitrogens is 1. The van der Waals surface area contributed by atoms with Gasteiger partial charge in [-0.25, -0.2) is 9.78 Å². The lowest BCUT2D eigenvalue weighted by Crippen LogP contribution is -2.15. The molecule has 4 rings (SSSR count). The number of cyclic esters (lactones) is 1. The van der Waals surface area contributed by atoms with Gasteiger partial charge in [-0.05, 0) is 25.1 Å². The number of thiazole rings is 1. The van der Waals surface area contributed by atoms with Crippen LogP contribution < -0.4 is 14.8 Å². The van der Waals surface area contributed by atoms with E-state index in [2.05, 4.69) is 10.3 Å². The zero-order valence-corrected chi connectivity index (χ0v) is 17.5.